The minimum Gasteiger partial charge on any atom is -0.478 e. The number of hydrogen-bond donors (Lipinski definition) is 1. The van der Waals surface area contributed by atoms with E-state index in [2.05, 4.69) is 20.9 Å². The van der Waals surface area contributed by atoms with E-state index in [-0.39, 0.29) is 5.56 Å². The smallest absolute Gasteiger partial charge is 0.337 e. The van der Waals surface area contributed by atoms with Crippen LogP contribution in [0.2, 0.25) is 0 Å². The van der Waals surface area contributed by atoms with Crippen molar-refractivity contribution in [2.75, 3.05) is 0 Å². The van der Waals surface area contributed by atoms with Gasteiger partial charge in [-0.05, 0) is 32.0 Å². The van der Waals surface area contributed by atoms with Crippen molar-refractivity contribution >= 4 is 21.9 Å². The number of carboxylic acid groups (broad SMARTS) is 1. The molecule has 2 aromatic rings. The van der Waals surface area contributed by atoms with E-state index < -0.39 is 5.97 Å². The standard InChI is InChI=1S/C12H11BrN2O2/c1-7-8(2)15(6-14-7)11-4-3-9(13)5-10(11)12(16)17/h3-6H,1-2H3,(H,16,17). The predicted molar refractivity (Wildman–Crippen MR) is 67.7 cm³/mol. The third kappa shape index (κ3) is 2.10. The number of aromatic carboxylic acids is 1. The molecule has 0 atom stereocenters. The molecule has 0 bridgehead atoms. The second-order valence-electron chi connectivity index (χ2n) is 3.75. The fourth-order valence-corrected chi connectivity index (χ4v) is 1.99. The zero-order chi connectivity index (χ0) is 12.6. The molecular formula is C12H11BrN2O2. The second-order valence-corrected chi connectivity index (χ2v) is 4.67. The molecule has 0 fully saturated rings. The van der Waals surface area contributed by atoms with Crippen molar-refractivity contribution in [3.8, 4) is 5.69 Å². The number of aryl methyl sites for hydroxylation is 1. The minimum absolute atomic E-state index is 0.250. The molecule has 0 unspecified atom stereocenters. The molecule has 0 saturated heterocycles. The summed E-state index contributed by atoms with van der Waals surface area (Å²) in [5, 5.41) is 9.19. The molecule has 0 spiro atoms. The Balaban J connectivity index is 2.67. The molecule has 0 aliphatic heterocycles. The average Bonchev–Trinajstić information content (AvgIpc) is 2.60. The van der Waals surface area contributed by atoms with Gasteiger partial charge in [-0.3, -0.25) is 0 Å². The zero-order valence-corrected chi connectivity index (χ0v) is 11.0. The predicted octanol–water partition coefficient (Wildman–Crippen LogP) is 2.95. The van der Waals surface area contributed by atoms with Crippen molar-refractivity contribution in [1.82, 2.24) is 9.55 Å². The monoisotopic (exact) mass is 294 g/mol. The summed E-state index contributed by atoms with van der Waals surface area (Å²) < 4.78 is 2.53. The van der Waals surface area contributed by atoms with Gasteiger partial charge in [0.05, 0.1) is 23.3 Å². The lowest BCUT2D eigenvalue weighted by molar-refractivity contribution is 0.0697. The van der Waals surface area contributed by atoms with E-state index in [9.17, 15) is 9.90 Å². The van der Waals surface area contributed by atoms with Crippen LogP contribution in [0.5, 0.6) is 0 Å². The molecule has 1 N–H and O–H groups in total. The summed E-state index contributed by atoms with van der Waals surface area (Å²) in [6.07, 6.45) is 1.64. The number of carboxylic acids is 1. The first kappa shape index (κ1) is 11.9. The number of halogens is 1. The van der Waals surface area contributed by atoms with E-state index in [1.54, 1.807) is 23.0 Å². The molecule has 0 aliphatic rings. The Morgan fingerprint density at radius 3 is 2.65 bits per heavy atom. The van der Waals surface area contributed by atoms with Gasteiger partial charge in [-0.2, -0.15) is 0 Å². The van der Waals surface area contributed by atoms with Gasteiger partial charge >= 0.3 is 5.97 Å². The fraction of sp³-hybridized carbons (Fsp3) is 0.167. The van der Waals surface area contributed by atoms with Crippen LogP contribution in [0, 0.1) is 13.8 Å². The van der Waals surface area contributed by atoms with Crippen LogP contribution in [0.1, 0.15) is 21.7 Å². The topological polar surface area (TPSA) is 55.1 Å². The first-order valence-corrected chi connectivity index (χ1v) is 5.83. The molecule has 0 aliphatic carbocycles. The third-order valence-electron chi connectivity index (χ3n) is 2.70. The lowest BCUT2D eigenvalue weighted by atomic mass is 10.1. The molecule has 88 valence electrons. The fourth-order valence-electron chi connectivity index (χ4n) is 1.63. The Hall–Kier alpha value is -1.62. The van der Waals surface area contributed by atoms with Gasteiger partial charge in [0, 0.05) is 10.2 Å². The van der Waals surface area contributed by atoms with Gasteiger partial charge in [0.15, 0.2) is 0 Å². The summed E-state index contributed by atoms with van der Waals surface area (Å²) in [5.74, 6) is -0.952. The molecule has 4 nitrogen and oxygen atoms in total. The summed E-state index contributed by atoms with van der Waals surface area (Å²) >= 11 is 3.27. The molecule has 17 heavy (non-hydrogen) atoms. The van der Waals surface area contributed by atoms with Crippen molar-refractivity contribution in [1.29, 1.82) is 0 Å². The molecule has 5 heteroatoms. The number of benzene rings is 1. The first-order chi connectivity index (χ1) is 8.00. The molecule has 1 heterocycles. The van der Waals surface area contributed by atoms with Crippen LogP contribution in [0.25, 0.3) is 5.69 Å². The van der Waals surface area contributed by atoms with Gasteiger partial charge in [0.25, 0.3) is 0 Å². The molecule has 0 amide bonds. The second kappa shape index (κ2) is 4.33. The maximum Gasteiger partial charge on any atom is 0.337 e. The number of imidazole rings is 1. The number of nitrogens with zero attached hydrogens (tertiary/aromatic N) is 2. The lowest BCUT2D eigenvalue weighted by Crippen LogP contribution is -2.06. The lowest BCUT2D eigenvalue weighted by Gasteiger charge is -2.09. The van der Waals surface area contributed by atoms with E-state index in [4.69, 9.17) is 0 Å². The maximum absolute atomic E-state index is 11.2. The SMILES string of the molecule is Cc1ncn(-c2ccc(Br)cc2C(=O)O)c1C. The summed E-state index contributed by atoms with van der Waals surface area (Å²) in [7, 11) is 0. The summed E-state index contributed by atoms with van der Waals surface area (Å²) in [5.41, 5.74) is 2.71. The largest absolute Gasteiger partial charge is 0.478 e. The highest BCUT2D eigenvalue weighted by Crippen LogP contribution is 2.22. The van der Waals surface area contributed by atoms with Gasteiger partial charge in [-0.15, -0.1) is 0 Å². The Labute approximate surface area is 107 Å². The molecule has 0 radical (unpaired) electrons. The zero-order valence-electron chi connectivity index (χ0n) is 9.44. The highest BCUT2D eigenvalue weighted by Gasteiger charge is 2.14. The van der Waals surface area contributed by atoms with E-state index >= 15 is 0 Å². The van der Waals surface area contributed by atoms with Crippen LogP contribution in [0.15, 0.2) is 29.0 Å². The van der Waals surface area contributed by atoms with Crippen molar-refractivity contribution < 1.29 is 9.90 Å². The normalized spacial score (nSPS) is 10.5. The molecular weight excluding hydrogens is 284 g/mol. The average molecular weight is 295 g/mol. The molecule has 2 rings (SSSR count). The van der Waals surface area contributed by atoms with Crippen LogP contribution in [-0.2, 0) is 0 Å². The van der Waals surface area contributed by atoms with Crippen LogP contribution in [0.3, 0.4) is 0 Å². The molecule has 0 saturated carbocycles. The highest BCUT2D eigenvalue weighted by atomic mass is 79.9. The van der Waals surface area contributed by atoms with E-state index in [0.29, 0.717) is 5.69 Å². The number of hydrogen-bond acceptors (Lipinski definition) is 2. The highest BCUT2D eigenvalue weighted by molar-refractivity contribution is 9.10. The summed E-state index contributed by atoms with van der Waals surface area (Å²) in [4.78, 5) is 15.4. The van der Waals surface area contributed by atoms with Crippen molar-refractivity contribution in [3.63, 3.8) is 0 Å². The van der Waals surface area contributed by atoms with E-state index in [1.807, 2.05) is 19.9 Å². The van der Waals surface area contributed by atoms with Gasteiger partial charge in [-0.25, -0.2) is 9.78 Å². The van der Waals surface area contributed by atoms with Gasteiger partial charge in [0.1, 0.15) is 0 Å². The Bertz CT molecular complexity index is 590. The minimum atomic E-state index is -0.952. The van der Waals surface area contributed by atoms with Crippen molar-refractivity contribution in [3.05, 3.63) is 46.0 Å². The van der Waals surface area contributed by atoms with Crippen LogP contribution >= 0.6 is 15.9 Å². The van der Waals surface area contributed by atoms with Crippen LogP contribution < -0.4 is 0 Å². The van der Waals surface area contributed by atoms with Gasteiger partial charge in [0.2, 0.25) is 0 Å². The van der Waals surface area contributed by atoms with Crippen molar-refractivity contribution in [2.45, 2.75) is 13.8 Å². The van der Waals surface area contributed by atoms with Gasteiger partial charge in [-0.1, -0.05) is 15.9 Å². The number of rotatable bonds is 2. The van der Waals surface area contributed by atoms with Gasteiger partial charge < -0.3 is 9.67 Å². The number of carbonyl (C=O) groups is 1. The molecule has 1 aromatic carbocycles. The maximum atomic E-state index is 11.2. The van der Waals surface area contributed by atoms with Crippen molar-refractivity contribution in [2.24, 2.45) is 0 Å². The first-order valence-electron chi connectivity index (χ1n) is 5.04. The third-order valence-corrected chi connectivity index (χ3v) is 3.19. The Morgan fingerprint density at radius 2 is 2.12 bits per heavy atom. The molecule has 1 aromatic heterocycles. The quantitative estimate of drug-likeness (QED) is 0.926. The Kier molecular flexibility index (Phi) is 3.02. The van der Waals surface area contributed by atoms with Crippen LogP contribution in [0.4, 0.5) is 0 Å². The Morgan fingerprint density at radius 1 is 1.41 bits per heavy atom. The van der Waals surface area contributed by atoms with Crippen LogP contribution in [-0.4, -0.2) is 20.6 Å². The summed E-state index contributed by atoms with van der Waals surface area (Å²) in [6.45, 7) is 3.81. The number of aromatic nitrogens is 2. The summed E-state index contributed by atoms with van der Waals surface area (Å²) in [6, 6.07) is 5.17. The van der Waals surface area contributed by atoms with E-state index in [0.717, 1.165) is 15.9 Å². The van der Waals surface area contributed by atoms with E-state index in [1.165, 1.54) is 0 Å².